The molecule has 4 heteroatoms. The van der Waals surface area contributed by atoms with Crippen molar-refractivity contribution in [2.75, 3.05) is 13.2 Å². The lowest BCUT2D eigenvalue weighted by molar-refractivity contribution is 0.146. The Hall–Kier alpha value is -1.00. The highest BCUT2D eigenvalue weighted by Crippen LogP contribution is 2.10. The molecule has 0 unspecified atom stereocenters. The van der Waals surface area contributed by atoms with E-state index in [0.717, 1.165) is 37.6 Å². The van der Waals surface area contributed by atoms with Crippen LogP contribution in [-0.4, -0.2) is 23.2 Å². The van der Waals surface area contributed by atoms with Crippen LogP contribution >= 0.6 is 0 Å². The Morgan fingerprint density at radius 2 is 2.23 bits per heavy atom. The first-order chi connectivity index (χ1) is 6.40. The lowest BCUT2D eigenvalue weighted by Gasteiger charge is -2.03. The highest BCUT2D eigenvalue weighted by molar-refractivity contribution is 5.19. The number of nitrogens with two attached hydrogens (primary N) is 1. The predicted octanol–water partition coefficient (Wildman–Crippen LogP) is 0.0505. The smallest absolute Gasteiger partial charge is 0.142 e. The van der Waals surface area contributed by atoms with Crippen LogP contribution in [0.4, 0.5) is 0 Å². The number of hydrogen-bond acceptors (Lipinski definition) is 4. The van der Waals surface area contributed by atoms with Crippen molar-refractivity contribution in [1.82, 2.24) is 9.97 Å². The molecule has 2 rings (SSSR count). The van der Waals surface area contributed by atoms with Crippen LogP contribution in [0, 0.1) is 0 Å². The lowest BCUT2D eigenvalue weighted by Crippen LogP contribution is -2.07. The van der Waals surface area contributed by atoms with Gasteiger partial charge in [0.1, 0.15) is 5.82 Å². The minimum Gasteiger partial charge on any atom is -0.381 e. The molecule has 1 aliphatic rings. The van der Waals surface area contributed by atoms with Gasteiger partial charge in [0.25, 0.3) is 0 Å². The summed E-state index contributed by atoms with van der Waals surface area (Å²) in [6.45, 7) is 1.94. The third-order valence-electron chi connectivity index (χ3n) is 2.19. The van der Waals surface area contributed by atoms with E-state index in [0.29, 0.717) is 6.54 Å². The van der Waals surface area contributed by atoms with Crippen molar-refractivity contribution in [2.24, 2.45) is 5.73 Å². The first-order valence-corrected chi connectivity index (χ1v) is 4.51. The van der Waals surface area contributed by atoms with Gasteiger partial charge in [-0.05, 0) is 12.0 Å². The van der Waals surface area contributed by atoms with Gasteiger partial charge < -0.3 is 10.5 Å². The Kier molecular flexibility index (Phi) is 2.52. The van der Waals surface area contributed by atoms with E-state index in [1.807, 2.05) is 6.20 Å². The Bertz CT molecular complexity index is 301. The van der Waals surface area contributed by atoms with Gasteiger partial charge >= 0.3 is 0 Å². The van der Waals surface area contributed by atoms with Gasteiger partial charge in [0, 0.05) is 18.3 Å². The first kappa shape index (κ1) is 8.59. The lowest BCUT2D eigenvalue weighted by atomic mass is 10.1. The van der Waals surface area contributed by atoms with Crippen LogP contribution < -0.4 is 5.73 Å². The van der Waals surface area contributed by atoms with Crippen LogP contribution in [0.1, 0.15) is 17.1 Å². The molecule has 0 saturated heterocycles. The SMILES string of the molecule is NCc1ncc2c(n1)CCOCC2. The zero-order valence-corrected chi connectivity index (χ0v) is 7.49. The fraction of sp³-hybridized carbons (Fsp3) is 0.556. The van der Waals surface area contributed by atoms with E-state index >= 15 is 0 Å². The van der Waals surface area contributed by atoms with Crippen LogP contribution in [0.5, 0.6) is 0 Å². The van der Waals surface area contributed by atoms with Crippen molar-refractivity contribution in [1.29, 1.82) is 0 Å². The molecule has 0 aliphatic carbocycles. The Morgan fingerprint density at radius 3 is 3.08 bits per heavy atom. The molecule has 2 N–H and O–H groups in total. The van der Waals surface area contributed by atoms with Crippen molar-refractivity contribution in [3.05, 3.63) is 23.3 Å². The average molecular weight is 179 g/mol. The van der Waals surface area contributed by atoms with Crippen LogP contribution in [0.15, 0.2) is 6.20 Å². The zero-order chi connectivity index (χ0) is 9.10. The molecule has 4 nitrogen and oxygen atoms in total. The fourth-order valence-corrected chi connectivity index (χ4v) is 1.46. The first-order valence-electron chi connectivity index (χ1n) is 4.51. The summed E-state index contributed by atoms with van der Waals surface area (Å²) in [6.07, 6.45) is 3.67. The monoisotopic (exact) mass is 179 g/mol. The van der Waals surface area contributed by atoms with E-state index in [4.69, 9.17) is 10.5 Å². The van der Waals surface area contributed by atoms with E-state index in [1.165, 1.54) is 5.56 Å². The third-order valence-corrected chi connectivity index (χ3v) is 2.19. The third kappa shape index (κ3) is 1.84. The minimum absolute atomic E-state index is 0.411. The van der Waals surface area contributed by atoms with Crippen molar-refractivity contribution in [2.45, 2.75) is 19.4 Å². The molecule has 0 bridgehead atoms. The van der Waals surface area contributed by atoms with Gasteiger partial charge in [-0.3, -0.25) is 0 Å². The van der Waals surface area contributed by atoms with Crippen LogP contribution in [-0.2, 0) is 24.1 Å². The van der Waals surface area contributed by atoms with Gasteiger partial charge in [0.2, 0.25) is 0 Å². The van der Waals surface area contributed by atoms with Crippen molar-refractivity contribution in [3.8, 4) is 0 Å². The van der Waals surface area contributed by atoms with Gasteiger partial charge in [-0.1, -0.05) is 0 Å². The predicted molar refractivity (Wildman–Crippen MR) is 48.2 cm³/mol. The summed E-state index contributed by atoms with van der Waals surface area (Å²) < 4.78 is 5.35. The summed E-state index contributed by atoms with van der Waals surface area (Å²) in [5.74, 6) is 0.723. The van der Waals surface area contributed by atoms with Crippen LogP contribution in [0.25, 0.3) is 0 Å². The van der Waals surface area contributed by atoms with Crippen molar-refractivity contribution >= 4 is 0 Å². The second kappa shape index (κ2) is 3.81. The molecule has 0 amide bonds. The summed E-state index contributed by atoms with van der Waals surface area (Å²) in [5.41, 5.74) is 7.77. The van der Waals surface area contributed by atoms with Gasteiger partial charge in [-0.25, -0.2) is 9.97 Å². The number of nitrogens with zero attached hydrogens (tertiary/aromatic N) is 2. The van der Waals surface area contributed by atoms with Crippen molar-refractivity contribution in [3.63, 3.8) is 0 Å². The molecule has 0 saturated carbocycles. The maximum absolute atomic E-state index is 5.47. The molecule has 13 heavy (non-hydrogen) atoms. The maximum Gasteiger partial charge on any atom is 0.142 e. The molecule has 1 aromatic heterocycles. The molecular weight excluding hydrogens is 166 g/mol. The van der Waals surface area contributed by atoms with Gasteiger partial charge in [-0.2, -0.15) is 0 Å². The van der Waals surface area contributed by atoms with Gasteiger partial charge in [0.15, 0.2) is 0 Å². The van der Waals surface area contributed by atoms with Gasteiger partial charge in [-0.15, -0.1) is 0 Å². The fourth-order valence-electron chi connectivity index (χ4n) is 1.46. The maximum atomic E-state index is 5.47. The Balaban J connectivity index is 2.32. The molecule has 1 aromatic rings. The molecule has 0 atom stereocenters. The molecule has 0 aromatic carbocycles. The van der Waals surface area contributed by atoms with Gasteiger partial charge in [0.05, 0.1) is 19.8 Å². The second-order valence-electron chi connectivity index (χ2n) is 3.07. The molecule has 0 spiro atoms. The average Bonchev–Trinajstić information content (AvgIpc) is 2.41. The van der Waals surface area contributed by atoms with Crippen molar-refractivity contribution < 1.29 is 4.74 Å². The Morgan fingerprint density at radius 1 is 1.38 bits per heavy atom. The summed E-state index contributed by atoms with van der Waals surface area (Å²) in [6, 6.07) is 0. The molecular formula is C9H13N3O. The minimum atomic E-state index is 0.411. The van der Waals surface area contributed by atoms with E-state index in [-0.39, 0.29) is 0 Å². The van der Waals surface area contributed by atoms with E-state index in [9.17, 15) is 0 Å². The highest BCUT2D eigenvalue weighted by Gasteiger charge is 2.09. The normalized spacial score (nSPS) is 16.4. The topological polar surface area (TPSA) is 61.0 Å². The highest BCUT2D eigenvalue weighted by atomic mass is 16.5. The zero-order valence-electron chi connectivity index (χ0n) is 7.49. The number of rotatable bonds is 1. The molecule has 1 aliphatic heterocycles. The summed E-state index contributed by atoms with van der Waals surface area (Å²) >= 11 is 0. The van der Waals surface area contributed by atoms with E-state index in [2.05, 4.69) is 9.97 Å². The van der Waals surface area contributed by atoms with Crippen LogP contribution in [0.2, 0.25) is 0 Å². The standard InChI is InChI=1S/C9H13N3O/c10-5-9-11-6-7-1-3-13-4-2-8(7)12-9/h6H,1-5,10H2. The summed E-state index contributed by atoms with van der Waals surface area (Å²) in [5, 5.41) is 0. The van der Waals surface area contributed by atoms with E-state index < -0.39 is 0 Å². The molecule has 0 radical (unpaired) electrons. The second-order valence-corrected chi connectivity index (χ2v) is 3.07. The largest absolute Gasteiger partial charge is 0.381 e. The Labute approximate surface area is 77.1 Å². The summed E-state index contributed by atoms with van der Waals surface area (Å²) in [7, 11) is 0. The quantitative estimate of drug-likeness (QED) is 0.661. The molecule has 70 valence electrons. The van der Waals surface area contributed by atoms with Crippen LogP contribution in [0.3, 0.4) is 0 Å². The number of aromatic nitrogens is 2. The number of ether oxygens (including phenoxy) is 1. The number of fused-ring (bicyclic) bond motifs is 1. The number of hydrogen-bond donors (Lipinski definition) is 1. The molecule has 2 heterocycles. The molecule has 0 fully saturated rings. The van der Waals surface area contributed by atoms with E-state index in [1.54, 1.807) is 0 Å². The summed E-state index contributed by atoms with van der Waals surface area (Å²) in [4.78, 5) is 8.54.